The van der Waals surface area contributed by atoms with E-state index in [0.717, 1.165) is 25.5 Å². The summed E-state index contributed by atoms with van der Waals surface area (Å²) in [7, 11) is 1.21. The van der Waals surface area contributed by atoms with Crippen LogP contribution >= 0.6 is 0 Å². The van der Waals surface area contributed by atoms with Gasteiger partial charge in [-0.15, -0.1) is 0 Å². The van der Waals surface area contributed by atoms with Gasteiger partial charge in [-0.2, -0.15) is 0 Å². The molecule has 0 saturated carbocycles. The maximum atomic E-state index is 13.8. The Morgan fingerprint density at radius 2 is 2.03 bits per heavy atom. The number of carbonyl (C=O) groups excluding carboxylic acids is 2. The average Bonchev–Trinajstić information content (AvgIpc) is 3.41. The van der Waals surface area contributed by atoms with Gasteiger partial charge in [-0.05, 0) is 58.4 Å². The highest BCUT2D eigenvalue weighted by molar-refractivity contribution is 5.92. The van der Waals surface area contributed by atoms with E-state index in [9.17, 15) is 14.0 Å². The van der Waals surface area contributed by atoms with Gasteiger partial charge in [0.2, 0.25) is 0 Å². The maximum Gasteiger partial charge on any atom is 0.410 e. The summed E-state index contributed by atoms with van der Waals surface area (Å²) in [5.41, 5.74) is -0.468. The number of likely N-dealkylation sites (tertiary alicyclic amines) is 1. The fourth-order valence-electron chi connectivity index (χ4n) is 4.69. The Kier molecular flexibility index (Phi) is 6.44. The topological polar surface area (TPSA) is 103 Å². The van der Waals surface area contributed by atoms with Gasteiger partial charge in [0.1, 0.15) is 34.8 Å². The molecule has 0 bridgehead atoms. The summed E-state index contributed by atoms with van der Waals surface area (Å²) in [5, 5.41) is 3.40. The Morgan fingerprint density at radius 1 is 1.24 bits per heavy atom. The summed E-state index contributed by atoms with van der Waals surface area (Å²) in [6.07, 6.45) is 4.08. The average molecular weight is 473 g/mol. The molecular formula is C24H29FN4O5. The van der Waals surface area contributed by atoms with Crippen molar-refractivity contribution in [2.45, 2.75) is 45.3 Å². The fraction of sp³-hybridized carbons (Fsp3) is 0.500. The molecule has 2 fully saturated rings. The van der Waals surface area contributed by atoms with E-state index in [1.807, 2.05) is 20.8 Å². The molecule has 4 rings (SSSR count). The lowest BCUT2D eigenvalue weighted by Gasteiger charge is -2.35. The Morgan fingerprint density at radius 3 is 2.71 bits per heavy atom. The number of amides is 1. The van der Waals surface area contributed by atoms with Crippen molar-refractivity contribution in [1.82, 2.24) is 20.2 Å². The molecule has 2 aliphatic rings. The quantitative estimate of drug-likeness (QED) is 0.670. The van der Waals surface area contributed by atoms with Crippen LogP contribution in [0.2, 0.25) is 0 Å². The molecule has 9 nitrogen and oxygen atoms in total. The van der Waals surface area contributed by atoms with Crippen molar-refractivity contribution >= 4 is 12.1 Å². The minimum Gasteiger partial charge on any atom is -0.465 e. The van der Waals surface area contributed by atoms with Crippen molar-refractivity contribution in [1.29, 1.82) is 0 Å². The third kappa shape index (κ3) is 4.68. The highest BCUT2D eigenvalue weighted by Crippen LogP contribution is 2.52. The number of halogens is 1. The van der Waals surface area contributed by atoms with Crippen molar-refractivity contribution in [3.05, 3.63) is 47.8 Å². The van der Waals surface area contributed by atoms with E-state index < -0.39 is 29.5 Å². The van der Waals surface area contributed by atoms with Crippen LogP contribution in [0.5, 0.6) is 11.5 Å². The summed E-state index contributed by atoms with van der Waals surface area (Å²) >= 11 is 0. The van der Waals surface area contributed by atoms with Crippen molar-refractivity contribution in [3.8, 4) is 11.5 Å². The minimum absolute atomic E-state index is 0.0648. The first-order valence-corrected chi connectivity index (χ1v) is 11.2. The van der Waals surface area contributed by atoms with Crippen molar-refractivity contribution < 1.29 is 28.2 Å². The third-order valence-electron chi connectivity index (χ3n) is 6.18. The molecule has 2 aromatic rings. The summed E-state index contributed by atoms with van der Waals surface area (Å²) in [4.78, 5) is 35.7. The van der Waals surface area contributed by atoms with E-state index >= 15 is 0 Å². The molecule has 10 heteroatoms. The molecule has 1 amide bonds. The highest BCUT2D eigenvalue weighted by Gasteiger charge is 2.53. The second kappa shape index (κ2) is 9.17. The Balaban J connectivity index is 1.75. The van der Waals surface area contributed by atoms with Gasteiger partial charge in [0.15, 0.2) is 5.75 Å². The smallest absolute Gasteiger partial charge is 0.410 e. The zero-order chi connectivity index (χ0) is 24.5. The molecule has 1 spiro atoms. The number of hydrogen-bond donors (Lipinski definition) is 1. The molecule has 2 unspecified atom stereocenters. The number of benzene rings is 1. The molecular weight excluding hydrogens is 443 g/mol. The van der Waals surface area contributed by atoms with Crippen molar-refractivity contribution in [2.75, 3.05) is 26.7 Å². The van der Waals surface area contributed by atoms with E-state index in [1.54, 1.807) is 4.90 Å². The summed E-state index contributed by atoms with van der Waals surface area (Å²) in [6.45, 7) is 7.52. The van der Waals surface area contributed by atoms with Crippen LogP contribution in [0.25, 0.3) is 0 Å². The van der Waals surface area contributed by atoms with E-state index in [0.29, 0.717) is 18.8 Å². The molecule has 182 valence electrons. The second-order valence-corrected chi connectivity index (χ2v) is 9.62. The van der Waals surface area contributed by atoms with E-state index in [1.165, 1.54) is 31.8 Å². The predicted molar refractivity (Wildman–Crippen MR) is 120 cm³/mol. The van der Waals surface area contributed by atoms with Crippen LogP contribution in [-0.2, 0) is 9.47 Å². The lowest BCUT2D eigenvalue weighted by molar-refractivity contribution is 0.0160. The largest absolute Gasteiger partial charge is 0.465 e. The molecule has 3 heterocycles. The molecule has 34 heavy (non-hydrogen) atoms. The second-order valence-electron chi connectivity index (χ2n) is 9.62. The fourth-order valence-corrected chi connectivity index (χ4v) is 4.69. The van der Waals surface area contributed by atoms with Crippen LogP contribution in [-0.4, -0.2) is 59.3 Å². The highest BCUT2D eigenvalue weighted by atomic mass is 19.1. The van der Waals surface area contributed by atoms with Gasteiger partial charge in [0.25, 0.3) is 0 Å². The zero-order valence-corrected chi connectivity index (χ0v) is 19.8. The van der Waals surface area contributed by atoms with E-state index in [-0.39, 0.29) is 22.5 Å². The normalized spacial score (nSPS) is 22.1. The number of nitrogens with zero attached hydrogens (tertiary/aromatic N) is 3. The SMILES string of the molecule is COC(=O)c1cc(F)ccc1Oc1cncnc1C1N(C(=O)OC(C)(C)C)CCC12CCNC2. The van der Waals surface area contributed by atoms with Crippen LogP contribution in [0.3, 0.4) is 0 Å². The summed E-state index contributed by atoms with van der Waals surface area (Å²) in [5.74, 6) is -0.962. The molecule has 1 N–H and O–H groups in total. The van der Waals surface area contributed by atoms with Crippen LogP contribution in [0.1, 0.15) is 55.7 Å². The first-order chi connectivity index (χ1) is 16.1. The number of nitrogens with one attached hydrogen (secondary N) is 1. The molecule has 0 radical (unpaired) electrons. The molecule has 2 aliphatic heterocycles. The number of ether oxygens (including phenoxy) is 3. The van der Waals surface area contributed by atoms with Gasteiger partial charge in [-0.3, -0.25) is 4.90 Å². The Bertz CT molecular complexity index is 1080. The molecule has 2 saturated heterocycles. The zero-order valence-electron chi connectivity index (χ0n) is 19.8. The van der Waals surface area contributed by atoms with Crippen LogP contribution in [0, 0.1) is 11.2 Å². The van der Waals surface area contributed by atoms with E-state index in [4.69, 9.17) is 14.2 Å². The third-order valence-corrected chi connectivity index (χ3v) is 6.18. The first-order valence-electron chi connectivity index (χ1n) is 11.2. The maximum absolute atomic E-state index is 13.8. The number of aromatic nitrogens is 2. The number of hydrogen-bond acceptors (Lipinski definition) is 8. The van der Waals surface area contributed by atoms with Gasteiger partial charge in [0, 0.05) is 18.5 Å². The Hall–Kier alpha value is -3.27. The van der Waals surface area contributed by atoms with Gasteiger partial charge < -0.3 is 19.5 Å². The minimum atomic E-state index is -0.736. The Labute approximate surface area is 197 Å². The van der Waals surface area contributed by atoms with Crippen LogP contribution < -0.4 is 10.1 Å². The number of rotatable bonds is 4. The predicted octanol–water partition coefficient (Wildman–Crippen LogP) is 3.86. The van der Waals surface area contributed by atoms with Crippen LogP contribution in [0.4, 0.5) is 9.18 Å². The number of carbonyl (C=O) groups is 2. The number of esters is 1. The number of methoxy groups -OCH3 is 1. The standard InChI is InChI=1S/C24H29FN4O5/c1-23(2,3)34-22(31)29-10-8-24(7-9-26-13-24)20(29)19-18(12-27-14-28-19)33-17-6-5-15(25)11-16(17)21(30)32-4/h5-6,11-12,14,20,26H,7-10,13H2,1-4H3. The van der Waals surface area contributed by atoms with Crippen molar-refractivity contribution in [2.24, 2.45) is 5.41 Å². The monoisotopic (exact) mass is 472 g/mol. The summed E-state index contributed by atoms with van der Waals surface area (Å²) < 4.78 is 30.4. The van der Waals surface area contributed by atoms with Gasteiger partial charge in [-0.25, -0.2) is 23.9 Å². The lowest BCUT2D eigenvalue weighted by atomic mass is 9.78. The van der Waals surface area contributed by atoms with Crippen LogP contribution in [0.15, 0.2) is 30.7 Å². The lowest BCUT2D eigenvalue weighted by Crippen LogP contribution is -2.40. The van der Waals surface area contributed by atoms with Gasteiger partial charge in [-0.1, -0.05) is 0 Å². The van der Waals surface area contributed by atoms with Gasteiger partial charge >= 0.3 is 12.1 Å². The first kappa shape index (κ1) is 23.9. The van der Waals surface area contributed by atoms with E-state index in [2.05, 4.69) is 15.3 Å². The van der Waals surface area contributed by atoms with Crippen molar-refractivity contribution in [3.63, 3.8) is 0 Å². The molecule has 0 aliphatic carbocycles. The molecule has 2 atom stereocenters. The molecule has 1 aromatic heterocycles. The molecule has 1 aromatic carbocycles. The summed E-state index contributed by atoms with van der Waals surface area (Å²) in [6, 6.07) is 3.16. The van der Waals surface area contributed by atoms with Gasteiger partial charge in [0.05, 0.1) is 19.3 Å².